The van der Waals surface area contributed by atoms with E-state index in [-0.39, 0.29) is 23.1 Å². The van der Waals surface area contributed by atoms with Crippen molar-refractivity contribution in [1.82, 2.24) is 25.2 Å². The van der Waals surface area contributed by atoms with Gasteiger partial charge in [0.05, 0.1) is 17.4 Å². The van der Waals surface area contributed by atoms with E-state index >= 15 is 0 Å². The Hall–Kier alpha value is -4.05. The van der Waals surface area contributed by atoms with Crippen molar-refractivity contribution in [3.05, 3.63) is 54.7 Å². The standard InChI is InChI=1S/C26H27N7O2.C3H8O/c1-17(2)23(12-34)33-11-25(29-30-33)32-15-26(16-32)13-31(14-26)19-8-7-18-9-22(28-27-21(18)10-19)20-5-3-4-6-24(20)35;1-3-4-2/h3-12,17,23,35H,13-16H2,1-2H3;3H2,1-2H3. The van der Waals surface area contributed by atoms with Gasteiger partial charge in [0.2, 0.25) is 0 Å². The number of ether oxygens (including phenoxy) is 1. The summed E-state index contributed by atoms with van der Waals surface area (Å²) in [6.45, 7) is 10.6. The van der Waals surface area contributed by atoms with Gasteiger partial charge in [0, 0.05) is 61.9 Å². The molecule has 39 heavy (non-hydrogen) atoms. The van der Waals surface area contributed by atoms with Crippen LogP contribution < -0.4 is 9.80 Å². The van der Waals surface area contributed by atoms with Gasteiger partial charge in [0.1, 0.15) is 18.1 Å². The van der Waals surface area contributed by atoms with Crippen molar-refractivity contribution in [3.63, 3.8) is 0 Å². The second-order valence-electron chi connectivity index (χ2n) is 10.7. The number of carbonyl (C=O) groups is 1. The SMILES string of the molecule is CC(C)C(C=O)n1cc(N2CC3(CN(c4ccc5cc(-c6ccccc6O)nnc5c4)C3)C2)nn1.CCOC. The summed E-state index contributed by atoms with van der Waals surface area (Å²) in [5, 5.41) is 28.3. The van der Waals surface area contributed by atoms with Gasteiger partial charge in [-0.2, -0.15) is 0 Å². The molecule has 2 aliphatic heterocycles. The van der Waals surface area contributed by atoms with Crippen molar-refractivity contribution in [2.24, 2.45) is 11.3 Å². The van der Waals surface area contributed by atoms with Gasteiger partial charge in [-0.3, -0.25) is 0 Å². The Morgan fingerprint density at radius 2 is 1.74 bits per heavy atom. The zero-order chi connectivity index (χ0) is 27.6. The van der Waals surface area contributed by atoms with Crippen LogP contribution in [-0.4, -0.2) is 76.5 Å². The molecule has 2 saturated heterocycles. The lowest BCUT2D eigenvalue weighted by Gasteiger charge is -2.61. The molecule has 0 aliphatic carbocycles. The molecular formula is C29H35N7O3. The summed E-state index contributed by atoms with van der Waals surface area (Å²) >= 11 is 0. The molecule has 0 radical (unpaired) electrons. The van der Waals surface area contributed by atoms with Crippen LogP contribution >= 0.6 is 0 Å². The highest BCUT2D eigenvalue weighted by atomic mass is 16.5. The molecule has 2 aromatic carbocycles. The second kappa shape index (κ2) is 11.0. The maximum absolute atomic E-state index is 11.4. The normalized spacial score (nSPS) is 16.4. The summed E-state index contributed by atoms with van der Waals surface area (Å²) in [5.74, 6) is 1.21. The monoisotopic (exact) mass is 529 g/mol. The number of nitrogens with zero attached hydrogens (tertiary/aromatic N) is 7. The topological polar surface area (TPSA) is 110 Å². The number of para-hydroxylation sites is 1. The van der Waals surface area contributed by atoms with E-state index in [0.717, 1.165) is 61.5 Å². The summed E-state index contributed by atoms with van der Waals surface area (Å²) in [5.41, 5.74) is 3.58. The molecule has 4 heterocycles. The highest BCUT2D eigenvalue weighted by Gasteiger charge is 2.52. The number of aldehydes is 1. The summed E-state index contributed by atoms with van der Waals surface area (Å²) < 4.78 is 6.21. The highest BCUT2D eigenvalue weighted by molar-refractivity contribution is 5.85. The molecule has 2 fully saturated rings. The Bertz CT molecular complexity index is 1440. The fourth-order valence-corrected chi connectivity index (χ4v) is 5.20. The molecule has 0 amide bonds. The van der Waals surface area contributed by atoms with Gasteiger partial charge >= 0.3 is 0 Å². The lowest BCUT2D eigenvalue weighted by atomic mass is 9.72. The minimum atomic E-state index is -0.281. The van der Waals surface area contributed by atoms with E-state index < -0.39 is 0 Å². The maximum atomic E-state index is 11.4. The molecule has 6 rings (SSSR count). The Morgan fingerprint density at radius 1 is 1.03 bits per heavy atom. The number of hydrogen-bond acceptors (Lipinski definition) is 9. The number of anilines is 2. The quantitative estimate of drug-likeness (QED) is 0.356. The van der Waals surface area contributed by atoms with Gasteiger partial charge < -0.3 is 24.4 Å². The Balaban J connectivity index is 0.000000723. The predicted octanol–water partition coefficient (Wildman–Crippen LogP) is 3.97. The van der Waals surface area contributed by atoms with Crippen molar-refractivity contribution in [1.29, 1.82) is 0 Å². The molecule has 1 atom stereocenters. The van der Waals surface area contributed by atoms with Crippen LogP contribution in [0.4, 0.5) is 11.5 Å². The van der Waals surface area contributed by atoms with Crippen LogP contribution in [0.2, 0.25) is 0 Å². The Kier molecular flexibility index (Phi) is 7.47. The third-order valence-electron chi connectivity index (χ3n) is 7.46. The number of fused-ring (bicyclic) bond motifs is 1. The van der Waals surface area contributed by atoms with Crippen molar-refractivity contribution < 1.29 is 14.6 Å². The van der Waals surface area contributed by atoms with Crippen molar-refractivity contribution in [2.45, 2.75) is 26.8 Å². The van der Waals surface area contributed by atoms with Crippen LogP contribution in [0.25, 0.3) is 22.2 Å². The van der Waals surface area contributed by atoms with E-state index in [2.05, 4.69) is 53.2 Å². The van der Waals surface area contributed by atoms with Gasteiger partial charge in [-0.25, -0.2) is 4.68 Å². The number of methoxy groups -OCH3 is 1. The average molecular weight is 530 g/mol. The third kappa shape index (κ3) is 5.29. The van der Waals surface area contributed by atoms with Gasteiger partial charge in [0.25, 0.3) is 0 Å². The lowest BCUT2D eigenvalue weighted by Crippen LogP contribution is -2.72. The third-order valence-corrected chi connectivity index (χ3v) is 7.46. The van der Waals surface area contributed by atoms with Gasteiger partial charge in [0.15, 0.2) is 5.82 Å². The Labute approximate surface area is 228 Å². The summed E-state index contributed by atoms with van der Waals surface area (Å²) in [4.78, 5) is 16.0. The molecule has 1 unspecified atom stereocenters. The summed E-state index contributed by atoms with van der Waals surface area (Å²) in [6.07, 6.45) is 2.82. The zero-order valence-corrected chi connectivity index (χ0v) is 22.9. The zero-order valence-electron chi connectivity index (χ0n) is 22.9. The van der Waals surface area contributed by atoms with Crippen LogP contribution in [0, 0.1) is 11.3 Å². The number of phenolic OH excluding ortho intramolecular Hbond substituents is 1. The van der Waals surface area contributed by atoms with Crippen LogP contribution in [0.1, 0.15) is 26.8 Å². The first-order chi connectivity index (χ1) is 18.9. The van der Waals surface area contributed by atoms with E-state index in [0.29, 0.717) is 11.3 Å². The van der Waals surface area contributed by atoms with Crippen LogP contribution in [0.3, 0.4) is 0 Å². The number of hydrogen-bond donors (Lipinski definition) is 1. The fourth-order valence-electron chi connectivity index (χ4n) is 5.20. The molecule has 10 heteroatoms. The van der Waals surface area contributed by atoms with E-state index in [1.54, 1.807) is 23.9 Å². The molecule has 1 N–H and O–H groups in total. The van der Waals surface area contributed by atoms with E-state index in [9.17, 15) is 9.90 Å². The van der Waals surface area contributed by atoms with Gasteiger partial charge in [-0.05, 0) is 43.2 Å². The maximum Gasteiger partial charge on any atom is 0.171 e. The van der Waals surface area contributed by atoms with E-state index in [1.807, 2.05) is 45.2 Å². The first kappa shape index (κ1) is 26.6. The van der Waals surface area contributed by atoms with Crippen molar-refractivity contribution >= 4 is 28.7 Å². The number of carbonyl (C=O) groups excluding carboxylic acids is 1. The smallest absolute Gasteiger partial charge is 0.171 e. The highest BCUT2D eigenvalue weighted by Crippen LogP contribution is 2.43. The number of benzene rings is 2. The number of phenols is 1. The van der Waals surface area contributed by atoms with Crippen molar-refractivity contribution in [2.75, 3.05) is 49.7 Å². The number of aromatic nitrogens is 5. The minimum absolute atomic E-state index is 0.175. The lowest BCUT2D eigenvalue weighted by molar-refractivity contribution is -0.111. The van der Waals surface area contributed by atoms with E-state index in [4.69, 9.17) is 0 Å². The predicted molar refractivity (Wildman–Crippen MR) is 151 cm³/mol. The van der Waals surface area contributed by atoms with Gasteiger partial charge in [-0.15, -0.1) is 15.3 Å². The van der Waals surface area contributed by atoms with Crippen molar-refractivity contribution in [3.8, 4) is 17.0 Å². The van der Waals surface area contributed by atoms with Crippen LogP contribution in [0.5, 0.6) is 5.75 Å². The molecule has 10 nitrogen and oxygen atoms in total. The summed E-state index contributed by atoms with van der Waals surface area (Å²) in [7, 11) is 1.68. The Morgan fingerprint density at radius 3 is 2.41 bits per heavy atom. The van der Waals surface area contributed by atoms with Crippen LogP contribution in [0.15, 0.2) is 54.7 Å². The summed E-state index contributed by atoms with van der Waals surface area (Å²) in [6, 6.07) is 15.1. The molecule has 4 aromatic rings. The molecule has 2 aromatic heterocycles. The molecule has 1 spiro atoms. The molecule has 2 aliphatic rings. The fraction of sp³-hybridized carbons (Fsp3) is 0.414. The molecule has 0 saturated carbocycles. The number of rotatable bonds is 7. The first-order valence-electron chi connectivity index (χ1n) is 13.3. The number of aromatic hydroxyl groups is 1. The molecule has 0 bridgehead atoms. The average Bonchev–Trinajstić information content (AvgIpc) is 3.36. The largest absolute Gasteiger partial charge is 0.507 e. The van der Waals surface area contributed by atoms with Crippen LogP contribution in [-0.2, 0) is 9.53 Å². The van der Waals surface area contributed by atoms with Gasteiger partial charge in [-0.1, -0.05) is 37.3 Å². The molecular weight excluding hydrogens is 494 g/mol. The van der Waals surface area contributed by atoms with E-state index in [1.165, 1.54) is 0 Å². The first-order valence-corrected chi connectivity index (χ1v) is 13.3. The molecule has 204 valence electrons. The second-order valence-corrected chi connectivity index (χ2v) is 10.7. The minimum Gasteiger partial charge on any atom is -0.507 e.